The van der Waals surface area contributed by atoms with Crippen LogP contribution in [0, 0.1) is 5.92 Å². The first kappa shape index (κ1) is 25.2. The van der Waals surface area contributed by atoms with Gasteiger partial charge in [0, 0.05) is 11.6 Å². The molecule has 38 heavy (non-hydrogen) atoms. The SMILES string of the molecule is Nc1ccc(Oc2ccccc2C(=O)C(COCc2ccccc2)NC(=O)C2Cc3ccccc3C2)cc1. The molecule has 0 spiro atoms. The van der Waals surface area contributed by atoms with Crippen molar-refractivity contribution in [1.82, 2.24) is 5.32 Å². The Balaban J connectivity index is 1.34. The highest BCUT2D eigenvalue weighted by Gasteiger charge is 2.31. The molecule has 6 heteroatoms. The number of hydrogen-bond acceptors (Lipinski definition) is 5. The third kappa shape index (κ3) is 6.10. The lowest BCUT2D eigenvalue weighted by Crippen LogP contribution is -2.46. The fourth-order valence-electron chi connectivity index (χ4n) is 4.70. The van der Waals surface area contributed by atoms with Crippen molar-refractivity contribution in [3.05, 3.63) is 125 Å². The van der Waals surface area contributed by atoms with Gasteiger partial charge in [0.2, 0.25) is 5.91 Å². The maximum absolute atomic E-state index is 13.8. The van der Waals surface area contributed by atoms with Crippen molar-refractivity contribution < 1.29 is 19.1 Å². The predicted octanol–water partition coefficient (Wildman–Crippen LogP) is 5.36. The monoisotopic (exact) mass is 506 g/mol. The number of ether oxygens (including phenoxy) is 2. The first-order chi connectivity index (χ1) is 18.6. The van der Waals surface area contributed by atoms with Gasteiger partial charge in [0.1, 0.15) is 17.5 Å². The minimum atomic E-state index is -0.869. The van der Waals surface area contributed by atoms with Gasteiger partial charge in [-0.2, -0.15) is 0 Å². The Morgan fingerprint density at radius 2 is 1.45 bits per heavy atom. The van der Waals surface area contributed by atoms with Gasteiger partial charge in [0.15, 0.2) is 5.78 Å². The molecule has 0 aromatic heterocycles. The summed E-state index contributed by atoms with van der Waals surface area (Å²) in [6.07, 6.45) is 1.31. The van der Waals surface area contributed by atoms with Gasteiger partial charge in [-0.15, -0.1) is 0 Å². The van der Waals surface area contributed by atoms with Crippen LogP contribution >= 0.6 is 0 Å². The Morgan fingerprint density at radius 1 is 0.816 bits per heavy atom. The number of carbonyl (C=O) groups excluding carboxylic acids is 2. The van der Waals surface area contributed by atoms with Crippen molar-refractivity contribution in [2.75, 3.05) is 12.3 Å². The number of Topliss-reactive ketones (excluding diaryl/α,β-unsaturated/α-hetero) is 1. The molecule has 5 rings (SSSR count). The number of fused-ring (bicyclic) bond motifs is 1. The van der Waals surface area contributed by atoms with Crippen molar-refractivity contribution in [3.63, 3.8) is 0 Å². The summed E-state index contributed by atoms with van der Waals surface area (Å²) in [5, 5.41) is 2.99. The molecule has 1 atom stereocenters. The van der Waals surface area contributed by atoms with Crippen molar-refractivity contribution in [3.8, 4) is 11.5 Å². The number of nitrogen functional groups attached to an aromatic ring is 1. The molecule has 1 aliphatic carbocycles. The molecule has 4 aromatic rings. The summed E-state index contributed by atoms with van der Waals surface area (Å²) in [6.45, 7) is 0.369. The lowest BCUT2D eigenvalue weighted by Gasteiger charge is -2.21. The molecule has 1 unspecified atom stereocenters. The Labute approximate surface area is 222 Å². The Bertz CT molecular complexity index is 1380. The predicted molar refractivity (Wildman–Crippen MR) is 147 cm³/mol. The summed E-state index contributed by atoms with van der Waals surface area (Å²) in [4.78, 5) is 27.2. The number of nitrogens with one attached hydrogen (secondary N) is 1. The van der Waals surface area contributed by atoms with Crippen molar-refractivity contribution >= 4 is 17.4 Å². The molecule has 0 radical (unpaired) electrons. The number of rotatable bonds is 10. The standard InChI is InChI=1S/C32H30N2O4/c33-26-14-16-27(17-15-26)38-30-13-7-6-12-28(30)31(35)29(21-37-20-22-8-2-1-3-9-22)34-32(36)25-18-23-10-4-5-11-24(23)19-25/h1-17,25,29H,18-21,33H2,(H,34,36). The van der Waals surface area contributed by atoms with Gasteiger partial charge in [-0.05, 0) is 65.9 Å². The van der Waals surface area contributed by atoms with Gasteiger partial charge in [-0.25, -0.2) is 0 Å². The lowest BCUT2D eigenvalue weighted by molar-refractivity contribution is -0.125. The molecule has 0 saturated heterocycles. The Morgan fingerprint density at radius 3 is 2.16 bits per heavy atom. The van der Waals surface area contributed by atoms with Crippen molar-refractivity contribution in [1.29, 1.82) is 0 Å². The fraction of sp³-hybridized carbons (Fsp3) is 0.188. The summed E-state index contributed by atoms with van der Waals surface area (Å²) in [6, 6.07) is 30.9. The van der Waals surface area contributed by atoms with Gasteiger partial charge in [0.25, 0.3) is 0 Å². The zero-order chi connectivity index (χ0) is 26.3. The second-order valence-corrected chi connectivity index (χ2v) is 9.47. The first-order valence-electron chi connectivity index (χ1n) is 12.7. The summed E-state index contributed by atoms with van der Waals surface area (Å²) in [5.74, 6) is 0.313. The zero-order valence-corrected chi connectivity index (χ0v) is 21.0. The second kappa shape index (κ2) is 11.8. The number of benzene rings is 4. The molecular weight excluding hydrogens is 476 g/mol. The van der Waals surface area contributed by atoms with E-state index in [9.17, 15) is 9.59 Å². The van der Waals surface area contributed by atoms with Crippen LogP contribution in [0.2, 0.25) is 0 Å². The normalized spacial score (nSPS) is 13.5. The van der Waals surface area contributed by atoms with E-state index in [2.05, 4.69) is 17.4 Å². The summed E-state index contributed by atoms with van der Waals surface area (Å²) in [7, 11) is 0. The average molecular weight is 507 g/mol. The van der Waals surface area contributed by atoms with Gasteiger partial charge in [-0.3, -0.25) is 9.59 Å². The van der Waals surface area contributed by atoms with E-state index < -0.39 is 6.04 Å². The quantitative estimate of drug-likeness (QED) is 0.223. The van der Waals surface area contributed by atoms with Crippen LogP contribution in [0.1, 0.15) is 27.0 Å². The summed E-state index contributed by atoms with van der Waals surface area (Å²) >= 11 is 0. The van der Waals surface area contributed by atoms with Crippen LogP contribution in [0.5, 0.6) is 11.5 Å². The molecule has 4 aromatic carbocycles. The van der Waals surface area contributed by atoms with E-state index in [0.29, 0.717) is 42.2 Å². The van der Waals surface area contributed by atoms with Crippen LogP contribution in [-0.2, 0) is 29.0 Å². The Hall–Kier alpha value is -4.42. The van der Waals surface area contributed by atoms with E-state index in [1.807, 2.05) is 42.5 Å². The molecule has 1 amide bonds. The van der Waals surface area contributed by atoms with E-state index in [-0.39, 0.29) is 24.2 Å². The van der Waals surface area contributed by atoms with E-state index in [0.717, 1.165) is 5.56 Å². The van der Waals surface area contributed by atoms with E-state index >= 15 is 0 Å². The van der Waals surface area contributed by atoms with Crippen LogP contribution in [0.15, 0.2) is 103 Å². The first-order valence-corrected chi connectivity index (χ1v) is 12.7. The number of nitrogens with two attached hydrogens (primary N) is 1. The van der Waals surface area contributed by atoms with Crippen molar-refractivity contribution in [2.24, 2.45) is 5.92 Å². The number of para-hydroxylation sites is 1. The van der Waals surface area contributed by atoms with Crippen LogP contribution in [0.4, 0.5) is 5.69 Å². The number of anilines is 1. The molecule has 1 aliphatic rings. The highest BCUT2D eigenvalue weighted by Crippen LogP contribution is 2.29. The molecule has 0 fully saturated rings. The number of amides is 1. The molecule has 0 bridgehead atoms. The van der Waals surface area contributed by atoms with E-state index in [1.54, 1.807) is 48.5 Å². The average Bonchev–Trinajstić information content (AvgIpc) is 3.39. The lowest BCUT2D eigenvalue weighted by atomic mass is 10.0. The third-order valence-electron chi connectivity index (χ3n) is 6.71. The van der Waals surface area contributed by atoms with Gasteiger partial charge in [0.05, 0.1) is 18.8 Å². The molecular formula is C32H30N2O4. The minimum absolute atomic E-state index is 0.0370. The van der Waals surface area contributed by atoms with Crippen LogP contribution in [0.3, 0.4) is 0 Å². The van der Waals surface area contributed by atoms with Gasteiger partial charge < -0.3 is 20.5 Å². The van der Waals surface area contributed by atoms with E-state index in [1.165, 1.54) is 11.1 Å². The Kier molecular flexibility index (Phi) is 7.81. The van der Waals surface area contributed by atoms with Crippen molar-refractivity contribution in [2.45, 2.75) is 25.5 Å². The summed E-state index contributed by atoms with van der Waals surface area (Å²) in [5.41, 5.74) is 10.1. The molecule has 0 aliphatic heterocycles. The van der Waals surface area contributed by atoms with Crippen LogP contribution in [0.25, 0.3) is 0 Å². The highest BCUT2D eigenvalue weighted by molar-refractivity contribution is 6.04. The number of carbonyl (C=O) groups is 2. The van der Waals surface area contributed by atoms with Gasteiger partial charge in [-0.1, -0.05) is 66.7 Å². The molecule has 6 nitrogen and oxygen atoms in total. The van der Waals surface area contributed by atoms with Crippen LogP contribution < -0.4 is 15.8 Å². The molecule has 0 saturated carbocycles. The van der Waals surface area contributed by atoms with Gasteiger partial charge >= 0.3 is 0 Å². The highest BCUT2D eigenvalue weighted by atomic mass is 16.5. The number of hydrogen-bond donors (Lipinski definition) is 2. The maximum Gasteiger partial charge on any atom is 0.224 e. The number of ketones is 1. The molecule has 192 valence electrons. The fourth-order valence-corrected chi connectivity index (χ4v) is 4.70. The maximum atomic E-state index is 13.8. The second-order valence-electron chi connectivity index (χ2n) is 9.47. The molecule has 0 heterocycles. The molecule has 3 N–H and O–H groups in total. The van der Waals surface area contributed by atoms with Crippen LogP contribution in [-0.4, -0.2) is 24.3 Å². The third-order valence-corrected chi connectivity index (χ3v) is 6.71. The smallest absolute Gasteiger partial charge is 0.224 e. The zero-order valence-electron chi connectivity index (χ0n) is 21.0. The topological polar surface area (TPSA) is 90.7 Å². The minimum Gasteiger partial charge on any atom is -0.457 e. The largest absolute Gasteiger partial charge is 0.457 e. The summed E-state index contributed by atoms with van der Waals surface area (Å²) < 4.78 is 12.0. The van der Waals surface area contributed by atoms with E-state index in [4.69, 9.17) is 15.2 Å².